The summed E-state index contributed by atoms with van der Waals surface area (Å²) >= 11 is 0. The zero-order valence-electron chi connectivity index (χ0n) is 22.4. The van der Waals surface area contributed by atoms with E-state index in [1.54, 1.807) is 19.9 Å². The lowest BCUT2D eigenvalue weighted by molar-refractivity contribution is -0.121. The molecular formula is C30H36N2O5. The number of nitrogens with one attached hydrogen (secondary N) is 1. The van der Waals surface area contributed by atoms with Crippen molar-refractivity contribution in [2.75, 3.05) is 6.61 Å². The second kappa shape index (κ2) is 11.3. The molecular weight excluding hydrogens is 468 g/mol. The van der Waals surface area contributed by atoms with Crippen LogP contribution in [0.3, 0.4) is 0 Å². The molecule has 0 spiro atoms. The molecule has 196 valence electrons. The largest absolute Gasteiger partial charge is 0.458 e. The summed E-state index contributed by atoms with van der Waals surface area (Å²) in [6, 6.07) is 13.6. The molecule has 0 aliphatic carbocycles. The van der Waals surface area contributed by atoms with Gasteiger partial charge in [-0.15, -0.1) is 0 Å². The molecule has 2 aromatic heterocycles. The number of aromatic nitrogens is 1. The Labute approximate surface area is 217 Å². The van der Waals surface area contributed by atoms with E-state index in [4.69, 9.17) is 13.7 Å². The van der Waals surface area contributed by atoms with Gasteiger partial charge in [-0.05, 0) is 82.9 Å². The highest BCUT2D eigenvalue weighted by molar-refractivity contribution is 5.83. The first-order valence-electron chi connectivity index (χ1n) is 12.7. The summed E-state index contributed by atoms with van der Waals surface area (Å²) in [7, 11) is 0. The number of carbonyl (C=O) groups excluding carboxylic acids is 1. The van der Waals surface area contributed by atoms with Crippen molar-refractivity contribution in [1.82, 2.24) is 10.5 Å². The van der Waals surface area contributed by atoms with Gasteiger partial charge in [0.2, 0.25) is 5.91 Å². The zero-order chi connectivity index (χ0) is 26.7. The van der Waals surface area contributed by atoms with E-state index in [-0.39, 0.29) is 24.5 Å². The molecule has 0 aliphatic heterocycles. The molecule has 0 bridgehead atoms. The molecule has 0 fully saturated rings. The fourth-order valence-corrected chi connectivity index (χ4v) is 4.76. The highest BCUT2D eigenvalue weighted by atomic mass is 16.5. The first-order valence-corrected chi connectivity index (χ1v) is 12.7. The number of nitrogens with zero attached hydrogens (tertiary/aromatic N) is 1. The van der Waals surface area contributed by atoms with Gasteiger partial charge in [-0.1, -0.05) is 35.0 Å². The summed E-state index contributed by atoms with van der Waals surface area (Å²) in [4.78, 5) is 13.1. The summed E-state index contributed by atoms with van der Waals surface area (Å²) in [5.41, 5.74) is 6.19. The van der Waals surface area contributed by atoms with Crippen molar-refractivity contribution in [3.8, 4) is 0 Å². The van der Waals surface area contributed by atoms with Crippen LogP contribution in [0.2, 0.25) is 0 Å². The fraction of sp³-hybridized carbons (Fsp3) is 0.400. The van der Waals surface area contributed by atoms with Crippen LogP contribution in [0.4, 0.5) is 0 Å². The number of carbonyl (C=O) groups is 1. The smallest absolute Gasteiger partial charge is 0.224 e. The average molecular weight is 505 g/mol. The summed E-state index contributed by atoms with van der Waals surface area (Å²) in [5.74, 6) is 0.902. The Morgan fingerprint density at radius 3 is 2.54 bits per heavy atom. The molecule has 0 aliphatic rings. The minimum Gasteiger partial charge on any atom is -0.458 e. The van der Waals surface area contributed by atoms with Crippen LogP contribution in [0.15, 0.2) is 51.4 Å². The SMILES string of the molecule is Cc1ccc(C(CCOC(C)C)NC(=O)Cc2ccc3oc(C(O)c4c(C)noc4C)cc3c2)c(C)c1. The predicted octanol–water partition coefficient (Wildman–Crippen LogP) is 5.95. The minimum absolute atomic E-state index is 0.0617. The number of aliphatic hydroxyl groups is 1. The van der Waals surface area contributed by atoms with Crippen molar-refractivity contribution in [3.05, 3.63) is 87.5 Å². The number of hydrogen-bond acceptors (Lipinski definition) is 6. The van der Waals surface area contributed by atoms with Crippen LogP contribution in [-0.2, 0) is 16.0 Å². The van der Waals surface area contributed by atoms with Gasteiger partial charge in [0.25, 0.3) is 0 Å². The van der Waals surface area contributed by atoms with Gasteiger partial charge in [-0.25, -0.2) is 0 Å². The molecule has 0 saturated heterocycles. The van der Waals surface area contributed by atoms with E-state index < -0.39 is 6.10 Å². The highest BCUT2D eigenvalue weighted by Crippen LogP contribution is 2.32. The third kappa shape index (κ3) is 6.29. The van der Waals surface area contributed by atoms with E-state index in [2.05, 4.69) is 42.5 Å². The third-order valence-corrected chi connectivity index (χ3v) is 6.59. The Morgan fingerprint density at radius 1 is 1.08 bits per heavy atom. The number of fused-ring (bicyclic) bond motifs is 1. The van der Waals surface area contributed by atoms with Crippen LogP contribution in [0.1, 0.15) is 77.4 Å². The quantitative estimate of drug-likeness (QED) is 0.277. The Kier molecular flexibility index (Phi) is 8.15. The van der Waals surface area contributed by atoms with Crippen molar-refractivity contribution < 1.29 is 23.6 Å². The zero-order valence-corrected chi connectivity index (χ0v) is 22.4. The Balaban J connectivity index is 1.49. The molecule has 2 atom stereocenters. The van der Waals surface area contributed by atoms with Gasteiger partial charge in [0, 0.05) is 12.0 Å². The second-order valence-corrected chi connectivity index (χ2v) is 10.0. The molecule has 0 radical (unpaired) electrons. The molecule has 2 heterocycles. The monoisotopic (exact) mass is 504 g/mol. The number of benzene rings is 2. The second-order valence-electron chi connectivity index (χ2n) is 10.0. The standard InChI is InChI=1S/C30H36N2O5/c1-17(2)35-12-11-25(24-9-7-18(3)13-19(24)4)31-28(33)15-22-8-10-26-23(14-22)16-27(36-26)30(34)29-20(5)32-37-21(29)6/h7-10,13-14,16-17,25,30,34H,11-12,15H2,1-6H3,(H,31,33). The lowest BCUT2D eigenvalue weighted by Gasteiger charge is -2.22. The van der Waals surface area contributed by atoms with Crippen molar-refractivity contribution in [2.45, 2.75) is 72.6 Å². The molecule has 37 heavy (non-hydrogen) atoms. The van der Waals surface area contributed by atoms with E-state index in [0.717, 1.165) is 22.1 Å². The van der Waals surface area contributed by atoms with Crippen LogP contribution < -0.4 is 5.32 Å². The van der Waals surface area contributed by atoms with Crippen molar-refractivity contribution >= 4 is 16.9 Å². The molecule has 2 N–H and O–H groups in total. The molecule has 7 nitrogen and oxygen atoms in total. The maximum Gasteiger partial charge on any atom is 0.224 e. The molecule has 4 aromatic rings. The van der Waals surface area contributed by atoms with Gasteiger partial charge >= 0.3 is 0 Å². The molecule has 1 amide bonds. The number of amides is 1. The maximum atomic E-state index is 13.1. The first kappa shape index (κ1) is 26.6. The lowest BCUT2D eigenvalue weighted by atomic mass is 9.97. The Morgan fingerprint density at radius 2 is 1.86 bits per heavy atom. The number of rotatable bonds is 10. The highest BCUT2D eigenvalue weighted by Gasteiger charge is 2.23. The van der Waals surface area contributed by atoms with E-state index in [1.807, 2.05) is 32.0 Å². The fourth-order valence-electron chi connectivity index (χ4n) is 4.76. The topological polar surface area (TPSA) is 97.7 Å². The van der Waals surface area contributed by atoms with Gasteiger partial charge in [0.05, 0.1) is 29.8 Å². The predicted molar refractivity (Wildman–Crippen MR) is 142 cm³/mol. The van der Waals surface area contributed by atoms with Crippen LogP contribution in [0.25, 0.3) is 11.0 Å². The minimum atomic E-state index is -0.975. The number of hydrogen-bond donors (Lipinski definition) is 2. The molecule has 0 saturated carbocycles. The van der Waals surface area contributed by atoms with Gasteiger partial charge in [0.1, 0.15) is 23.2 Å². The van der Waals surface area contributed by atoms with Gasteiger partial charge in [0.15, 0.2) is 0 Å². The molecule has 2 aromatic carbocycles. The van der Waals surface area contributed by atoms with E-state index in [0.29, 0.717) is 41.4 Å². The summed E-state index contributed by atoms with van der Waals surface area (Å²) in [6.07, 6.45) is 0.0856. The number of ether oxygens (including phenoxy) is 1. The third-order valence-electron chi connectivity index (χ3n) is 6.59. The van der Waals surface area contributed by atoms with Crippen molar-refractivity contribution in [3.63, 3.8) is 0 Å². The molecule has 7 heteroatoms. The summed E-state index contributed by atoms with van der Waals surface area (Å²) < 4.78 is 16.9. The van der Waals surface area contributed by atoms with Gasteiger partial charge in [-0.2, -0.15) is 0 Å². The van der Waals surface area contributed by atoms with Crippen molar-refractivity contribution in [2.24, 2.45) is 0 Å². The molecule has 2 unspecified atom stereocenters. The van der Waals surface area contributed by atoms with Gasteiger partial charge in [-0.3, -0.25) is 4.79 Å². The summed E-state index contributed by atoms with van der Waals surface area (Å²) in [5, 5.41) is 18.8. The van der Waals surface area contributed by atoms with E-state index in [9.17, 15) is 9.90 Å². The summed E-state index contributed by atoms with van der Waals surface area (Å²) in [6.45, 7) is 12.3. The number of furan rings is 1. The lowest BCUT2D eigenvalue weighted by Crippen LogP contribution is -2.31. The van der Waals surface area contributed by atoms with E-state index >= 15 is 0 Å². The van der Waals surface area contributed by atoms with E-state index in [1.165, 1.54) is 5.56 Å². The molecule has 4 rings (SSSR count). The van der Waals surface area contributed by atoms with Crippen LogP contribution in [0, 0.1) is 27.7 Å². The van der Waals surface area contributed by atoms with Crippen LogP contribution in [0.5, 0.6) is 0 Å². The average Bonchev–Trinajstić information content (AvgIpc) is 3.40. The Hall–Kier alpha value is -3.42. The van der Waals surface area contributed by atoms with Crippen molar-refractivity contribution in [1.29, 1.82) is 0 Å². The number of aryl methyl sites for hydroxylation is 4. The van der Waals surface area contributed by atoms with Gasteiger partial charge < -0.3 is 24.1 Å². The van der Waals surface area contributed by atoms with Crippen LogP contribution >= 0.6 is 0 Å². The maximum absolute atomic E-state index is 13.1. The first-order chi connectivity index (χ1) is 17.6. The number of aliphatic hydroxyl groups excluding tert-OH is 1. The van der Waals surface area contributed by atoms with Crippen LogP contribution in [-0.4, -0.2) is 28.9 Å². The normalized spacial score (nSPS) is 13.3. The Bertz CT molecular complexity index is 1360.